The number of nitrogens with two attached hydrogens (primary N) is 2. The first-order chi connectivity index (χ1) is 24.9. The topological polar surface area (TPSA) is 241 Å². The van der Waals surface area contributed by atoms with Crippen molar-refractivity contribution < 1.29 is 42.9 Å². The van der Waals surface area contributed by atoms with Crippen LogP contribution < -0.4 is 38.1 Å². The molecule has 6 amide bonds. The van der Waals surface area contributed by atoms with E-state index in [1.807, 2.05) is 35.0 Å². The third-order valence-electron chi connectivity index (χ3n) is 7.25. The quantitative estimate of drug-likeness (QED) is 0.0384. The van der Waals surface area contributed by atoms with Gasteiger partial charge in [-0.25, -0.2) is 4.79 Å². The number of carbonyl (C=O) groups excluding carboxylic acids is 5. The zero-order valence-electron chi connectivity index (χ0n) is 32.9. The molecule has 9 N–H and O–H groups in total. The number of rotatable bonds is 33. The summed E-state index contributed by atoms with van der Waals surface area (Å²) in [4.78, 5) is 64.3. The minimum atomic E-state index is -0.957. The molecular formula is C34H71N9O9. The normalized spacial score (nSPS) is 12.2. The first-order valence-electron chi connectivity index (χ1n) is 18.4. The van der Waals surface area contributed by atoms with Gasteiger partial charge >= 0.3 is 6.03 Å². The van der Waals surface area contributed by atoms with Crippen LogP contribution in [0.2, 0.25) is 0 Å². The Hall–Kier alpha value is -3.13. The molecule has 52 heavy (non-hydrogen) atoms. The van der Waals surface area contributed by atoms with Crippen LogP contribution in [0, 0.1) is 5.92 Å². The number of hydrogen-bond acceptors (Lipinski definition) is 12. The van der Waals surface area contributed by atoms with Gasteiger partial charge in [0.15, 0.2) is 0 Å². The van der Waals surface area contributed by atoms with Crippen LogP contribution in [-0.2, 0) is 38.1 Å². The van der Waals surface area contributed by atoms with Crippen molar-refractivity contribution in [2.24, 2.45) is 17.4 Å². The fourth-order valence-electron chi connectivity index (χ4n) is 4.33. The zero-order valence-corrected chi connectivity index (χ0v) is 32.9. The highest BCUT2D eigenvalue weighted by molar-refractivity contribution is 5.91. The molecule has 0 aromatic carbocycles. The number of nitrogens with one attached hydrogen (secondary N) is 5. The molecule has 0 aromatic heterocycles. The number of likely N-dealkylation sites (N-methyl/N-ethyl adjacent to an activating group) is 2. The Bertz CT molecular complexity index is 946. The molecule has 2 atom stereocenters. The van der Waals surface area contributed by atoms with E-state index in [-0.39, 0.29) is 50.3 Å². The largest absolute Gasteiger partial charge is 0.379 e. The van der Waals surface area contributed by atoms with E-state index in [0.717, 1.165) is 32.7 Å². The first kappa shape index (κ1) is 51.0. The van der Waals surface area contributed by atoms with Gasteiger partial charge in [-0.15, -0.1) is 0 Å². The van der Waals surface area contributed by atoms with Crippen molar-refractivity contribution in [3.63, 3.8) is 0 Å². The smallest absolute Gasteiger partial charge is 0.312 e. The molecule has 0 rings (SSSR count). The highest BCUT2D eigenvalue weighted by atomic mass is 16.6. The van der Waals surface area contributed by atoms with Gasteiger partial charge < -0.3 is 61.9 Å². The van der Waals surface area contributed by atoms with Crippen LogP contribution in [-0.4, -0.2) is 171 Å². The van der Waals surface area contributed by atoms with Crippen molar-refractivity contribution in [3.05, 3.63) is 0 Å². The van der Waals surface area contributed by atoms with E-state index in [1.54, 1.807) is 13.8 Å². The fourth-order valence-corrected chi connectivity index (χ4v) is 4.33. The van der Waals surface area contributed by atoms with Gasteiger partial charge in [0.05, 0.1) is 52.9 Å². The number of amides is 6. The summed E-state index contributed by atoms with van der Waals surface area (Å²) in [5.41, 5.74) is 10.4. The number of urea groups is 1. The fraction of sp³-hybridized carbons (Fsp3) is 0.853. The Morgan fingerprint density at radius 2 is 1.17 bits per heavy atom. The summed E-state index contributed by atoms with van der Waals surface area (Å²) >= 11 is 0. The van der Waals surface area contributed by atoms with Gasteiger partial charge in [-0.3, -0.25) is 24.1 Å². The third kappa shape index (κ3) is 31.6. The second kappa shape index (κ2) is 34.9. The molecule has 18 nitrogen and oxygen atoms in total. The summed E-state index contributed by atoms with van der Waals surface area (Å²) in [6, 6.07) is -2.52. The molecule has 0 radical (unpaired) electrons. The first-order valence-corrected chi connectivity index (χ1v) is 18.4. The van der Waals surface area contributed by atoms with E-state index in [1.165, 1.54) is 0 Å². The number of primary amides is 2. The summed E-state index contributed by atoms with van der Waals surface area (Å²) in [5, 5.41) is 13.8. The van der Waals surface area contributed by atoms with E-state index in [2.05, 4.69) is 36.4 Å². The summed E-state index contributed by atoms with van der Waals surface area (Å²) in [6.07, 6.45) is 0.903. The van der Waals surface area contributed by atoms with E-state index in [4.69, 9.17) is 30.4 Å². The Kier molecular flexibility index (Phi) is 34.2. The van der Waals surface area contributed by atoms with Gasteiger partial charge in [0.1, 0.15) is 12.1 Å². The number of hydrogen-bond donors (Lipinski definition) is 7. The maximum atomic E-state index is 12.8. The van der Waals surface area contributed by atoms with Crippen molar-refractivity contribution in [2.45, 2.75) is 65.5 Å². The number of nitrogens with zero attached hydrogens (tertiary/aromatic N) is 2. The van der Waals surface area contributed by atoms with Crippen molar-refractivity contribution >= 4 is 29.7 Å². The molecule has 0 spiro atoms. The van der Waals surface area contributed by atoms with Gasteiger partial charge in [-0.1, -0.05) is 27.7 Å². The number of carbonyl (C=O) groups is 5. The van der Waals surface area contributed by atoms with Crippen molar-refractivity contribution in [1.29, 1.82) is 0 Å². The number of ether oxygens (including phenoxy) is 4. The van der Waals surface area contributed by atoms with Crippen LogP contribution in [0.25, 0.3) is 0 Å². The van der Waals surface area contributed by atoms with Gasteiger partial charge in [0.2, 0.25) is 23.6 Å². The molecule has 0 saturated heterocycles. The second-order valence-electron chi connectivity index (χ2n) is 12.2. The molecule has 0 fully saturated rings. The van der Waals surface area contributed by atoms with E-state index >= 15 is 0 Å². The lowest BCUT2D eigenvalue weighted by atomic mass is 10.0. The lowest BCUT2D eigenvalue weighted by Gasteiger charge is -2.24. The molecule has 2 unspecified atom stereocenters. The van der Waals surface area contributed by atoms with Crippen LogP contribution >= 0.6 is 0 Å². The summed E-state index contributed by atoms with van der Waals surface area (Å²) in [6.45, 7) is 15.5. The van der Waals surface area contributed by atoms with Crippen LogP contribution in [0.15, 0.2) is 0 Å². The summed E-state index contributed by atoms with van der Waals surface area (Å²) < 4.78 is 21.9. The third-order valence-corrected chi connectivity index (χ3v) is 7.25. The summed E-state index contributed by atoms with van der Waals surface area (Å²) in [7, 11) is 6.03. The van der Waals surface area contributed by atoms with E-state index in [9.17, 15) is 24.0 Å². The van der Waals surface area contributed by atoms with Crippen LogP contribution in [0.1, 0.15) is 53.4 Å². The van der Waals surface area contributed by atoms with E-state index in [0.29, 0.717) is 59.0 Å². The maximum absolute atomic E-state index is 12.8. The predicted molar refractivity (Wildman–Crippen MR) is 201 cm³/mol. The SMILES string of the molecule is CC.CNCCN(CCNC(=O)CCOCCOCCOCCOCCC(=O)NC(C(=O)NC(CCCNC(N)=O)C(N)=O)C(C)C)CCN(C)C. The molecule has 0 aliphatic rings. The highest BCUT2D eigenvalue weighted by Gasteiger charge is 2.27. The van der Waals surface area contributed by atoms with Crippen LogP contribution in [0.4, 0.5) is 4.79 Å². The monoisotopic (exact) mass is 750 g/mol. The minimum Gasteiger partial charge on any atom is -0.379 e. The highest BCUT2D eigenvalue weighted by Crippen LogP contribution is 2.05. The molecule has 0 aromatic rings. The average Bonchev–Trinajstić information content (AvgIpc) is 3.09. The standard InChI is InChI=1S/C32H65N9O9.C2H6/c1-25(2)29(31(45)38-26(30(33)44)7-6-10-37-32(34)46)39-28(43)9-18-48-20-22-50-24-23-49-21-19-47-17-8-27(42)36-12-14-41(13-11-35-3)16-15-40(4)5;1-2/h25-26,29,35H,6-24H2,1-5H3,(H2,33,44)(H,36,42)(H,38,45)(H,39,43)(H3,34,37,46);1-2H3. The van der Waals surface area contributed by atoms with Gasteiger partial charge in [0.25, 0.3) is 0 Å². The molecule has 18 heteroatoms. The van der Waals surface area contributed by atoms with Gasteiger partial charge in [-0.05, 0) is 39.9 Å². The van der Waals surface area contributed by atoms with Crippen molar-refractivity contribution in [2.75, 3.05) is 120 Å². The second-order valence-corrected chi connectivity index (χ2v) is 12.2. The Morgan fingerprint density at radius 3 is 1.65 bits per heavy atom. The summed E-state index contributed by atoms with van der Waals surface area (Å²) in [5.74, 6) is -1.92. The molecule has 306 valence electrons. The molecule has 0 heterocycles. The van der Waals surface area contributed by atoms with E-state index < -0.39 is 29.9 Å². The maximum Gasteiger partial charge on any atom is 0.312 e. The Morgan fingerprint density at radius 1 is 0.654 bits per heavy atom. The predicted octanol–water partition coefficient (Wildman–Crippen LogP) is -1.38. The zero-order chi connectivity index (χ0) is 39.6. The lowest BCUT2D eigenvalue weighted by Crippen LogP contribution is -2.54. The molecule has 0 bridgehead atoms. The average molecular weight is 750 g/mol. The van der Waals surface area contributed by atoms with Crippen molar-refractivity contribution in [1.82, 2.24) is 36.4 Å². The molecule has 0 saturated carbocycles. The van der Waals surface area contributed by atoms with Crippen LogP contribution in [0.3, 0.4) is 0 Å². The van der Waals surface area contributed by atoms with Crippen molar-refractivity contribution in [3.8, 4) is 0 Å². The van der Waals surface area contributed by atoms with Gasteiger partial charge in [-0.2, -0.15) is 0 Å². The lowest BCUT2D eigenvalue weighted by molar-refractivity contribution is -0.132. The minimum absolute atomic E-state index is 0.0337. The van der Waals surface area contributed by atoms with Crippen LogP contribution in [0.5, 0.6) is 0 Å². The van der Waals surface area contributed by atoms with Gasteiger partial charge in [0, 0.05) is 58.7 Å². The molecule has 0 aliphatic heterocycles. The Balaban J connectivity index is 0. The molecule has 0 aliphatic carbocycles. The Labute approximate surface area is 311 Å². The molecular weight excluding hydrogens is 678 g/mol.